The van der Waals surface area contributed by atoms with Crippen molar-refractivity contribution in [3.05, 3.63) is 5.82 Å². The van der Waals surface area contributed by atoms with Crippen LogP contribution in [0.4, 0.5) is 0 Å². The number of carbonyl (C=O) groups is 1. The molecule has 8 nitrogen and oxygen atoms in total. The fraction of sp³-hybridized carbons (Fsp3) is 0. The Morgan fingerprint density at radius 3 is 2.42 bits per heavy atom. The molecule has 0 aromatic carbocycles. The summed E-state index contributed by atoms with van der Waals surface area (Å²) in [6, 6.07) is 0. The lowest BCUT2D eigenvalue weighted by molar-refractivity contribution is 0.0684. The molecule has 66 valence electrons. The predicted molar refractivity (Wildman–Crippen MR) is 34.7 cm³/mol. The third-order valence-electron chi connectivity index (χ3n) is 0.926. The Labute approximate surface area is 66.5 Å². The number of rotatable bonds is 2. The predicted octanol–water partition coefficient (Wildman–Crippen LogP) is -1.85. The highest BCUT2D eigenvalue weighted by Crippen LogP contribution is 1.97. The fourth-order valence-electron chi connectivity index (χ4n) is 0.470. The molecule has 0 aliphatic rings. The van der Waals surface area contributed by atoms with Gasteiger partial charge in [0.05, 0.1) is 0 Å². The van der Waals surface area contributed by atoms with Gasteiger partial charge in [0, 0.05) is 0 Å². The van der Waals surface area contributed by atoms with E-state index in [0.717, 1.165) is 0 Å². The molecule has 0 aliphatic heterocycles. The zero-order chi connectivity index (χ0) is 9.35. The van der Waals surface area contributed by atoms with Crippen LogP contribution in [0.1, 0.15) is 10.6 Å². The van der Waals surface area contributed by atoms with Crippen molar-refractivity contribution >= 4 is 16.0 Å². The quantitative estimate of drug-likeness (QED) is 0.502. The summed E-state index contributed by atoms with van der Waals surface area (Å²) in [5.74, 6) is -2.07. The van der Waals surface area contributed by atoms with Crippen molar-refractivity contribution in [3.63, 3.8) is 0 Å². The van der Waals surface area contributed by atoms with E-state index in [-0.39, 0.29) is 0 Å². The summed E-state index contributed by atoms with van der Waals surface area (Å²) < 4.78 is 21.0. The molecule has 0 aliphatic carbocycles. The van der Waals surface area contributed by atoms with Crippen LogP contribution in [0.5, 0.6) is 0 Å². The van der Waals surface area contributed by atoms with Gasteiger partial charge in [-0.1, -0.05) is 0 Å². The number of nitrogens with two attached hydrogens (primary N) is 1. The first-order valence-electron chi connectivity index (χ1n) is 2.60. The molecule has 1 aromatic heterocycles. The Morgan fingerprint density at radius 1 is 1.58 bits per heavy atom. The number of primary sulfonamides is 1. The normalized spacial score (nSPS) is 11.4. The highest BCUT2D eigenvalue weighted by molar-refractivity contribution is 7.89. The van der Waals surface area contributed by atoms with Gasteiger partial charge in [-0.2, -0.15) is 4.98 Å². The molecule has 0 radical (unpaired) electrons. The molecule has 0 bridgehead atoms. The van der Waals surface area contributed by atoms with Gasteiger partial charge in [0.25, 0.3) is 21.0 Å². The van der Waals surface area contributed by atoms with Crippen LogP contribution in [0.3, 0.4) is 0 Å². The first-order chi connectivity index (χ1) is 5.41. The standard InChI is InChI=1S/C3H4N4O4S/c4-12(10,11)3-5-1(2(8)9)6-7-3/h(H,8,9)(H2,4,10,11)(H,5,6,7). The lowest BCUT2D eigenvalue weighted by Crippen LogP contribution is -2.14. The molecule has 9 heteroatoms. The van der Waals surface area contributed by atoms with Crippen LogP contribution in [-0.2, 0) is 10.0 Å². The van der Waals surface area contributed by atoms with Crippen LogP contribution >= 0.6 is 0 Å². The van der Waals surface area contributed by atoms with Crippen LogP contribution in [-0.4, -0.2) is 34.7 Å². The van der Waals surface area contributed by atoms with Crippen molar-refractivity contribution in [3.8, 4) is 0 Å². The molecular formula is C3H4N4O4S. The van der Waals surface area contributed by atoms with Crippen molar-refractivity contribution in [2.45, 2.75) is 5.16 Å². The molecule has 0 saturated heterocycles. The van der Waals surface area contributed by atoms with Gasteiger partial charge in [-0.25, -0.2) is 23.4 Å². The fourth-order valence-corrected chi connectivity index (χ4v) is 0.856. The second-order valence-corrected chi connectivity index (χ2v) is 3.29. The highest BCUT2D eigenvalue weighted by Gasteiger charge is 2.17. The molecule has 0 amide bonds. The Balaban J connectivity index is 3.17. The zero-order valence-electron chi connectivity index (χ0n) is 5.55. The molecule has 0 unspecified atom stereocenters. The summed E-state index contributed by atoms with van der Waals surface area (Å²) in [4.78, 5) is 13.3. The number of carboxylic acids is 1. The number of hydrogen-bond acceptors (Lipinski definition) is 5. The van der Waals surface area contributed by atoms with Crippen LogP contribution < -0.4 is 5.14 Å². The average molecular weight is 192 g/mol. The first kappa shape index (κ1) is 8.62. The maximum atomic E-state index is 10.5. The summed E-state index contributed by atoms with van der Waals surface area (Å²) in [5, 5.41) is 17.2. The third-order valence-corrected chi connectivity index (χ3v) is 1.65. The number of H-pyrrole nitrogens is 1. The summed E-state index contributed by atoms with van der Waals surface area (Å²) in [6.45, 7) is 0. The number of aromatic amines is 1. The number of hydrogen-bond donors (Lipinski definition) is 3. The lowest BCUT2D eigenvalue weighted by Gasteiger charge is -1.85. The second kappa shape index (κ2) is 2.53. The molecule has 1 heterocycles. The van der Waals surface area contributed by atoms with Gasteiger partial charge in [0.1, 0.15) is 0 Å². The molecule has 4 N–H and O–H groups in total. The zero-order valence-corrected chi connectivity index (χ0v) is 6.37. The van der Waals surface area contributed by atoms with E-state index < -0.39 is 27.0 Å². The minimum atomic E-state index is -4.01. The van der Waals surface area contributed by atoms with Gasteiger partial charge in [-0.15, -0.1) is 5.10 Å². The minimum Gasteiger partial charge on any atom is -0.475 e. The van der Waals surface area contributed by atoms with Crippen molar-refractivity contribution in [2.24, 2.45) is 5.14 Å². The van der Waals surface area contributed by atoms with E-state index in [4.69, 9.17) is 5.11 Å². The van der Waals surface area contributed by atoms with Gasteiger partial charge in [-0.3, -0.25) is 0 Å². The van der Waals surface area contributed by atoms with Crippen LogP contribution in [0, 0.1) is 0 Å². The Bertz CT molecular complexity index is 406. The number of aromatic nitrogens is 3. The minimum absolute atomic E-state index is 0.640. The van der Waals surface area contributed by atoms with Crippen molar-refractivity contribution in [1.82, 2.24) is 15.2 Å². The van der Waals surface area contributed by atoms with Crippen LogP contribution in [0.25, 0.3) is 0 Å². The van der Waals surface area contributed by atoms with Gasteiger partial charge in [-0.05, 0) is 0 Å². The summed E-state index contributed by atoms with van der Waals surface area (Å²) in [5.41, 5.74) is 0. The summed E-state index contributed by atoms with van der Waals surface area (Å²) >= 11 is 0. The molecule has 0 atom stereocenters. The molecular weight excluding hydrogens is 188 g/mol. The van der Waals surface area contributed by atoms with Crippen LogP contribution in [0.2, 0.25) is 0 Å². The highest BCUT2D eigenvalue weighted by atomic mass is 32.2. The van der Waals surface area contributed by atoms with E-state index in [2.05, 4.69) is 15.2 Å². The maximum Gasteiger partial charge on any atom is 0.375 e. The smallest absolute Gasteiger partial charge is 0.375 e. The average Bonchev–Trinajstić information content (AvgIpc) is 2.30. The SMILES string of the molecule is NS(=O)(=O)c1nc(C(=O)O)n[nH]1. The number of nitrogens with zero attached hydrogens (tertiary/aromatic N) is 2. The van der Waals surface area contributed by atoms with Gasteiger partial charge in [0.15, 0.2) is 0 Å². The van der Waals surface area contributed by atoms with Crippen LogP contribution in [0.15, 0.2) is 5.16 Å². The monoisotopic (exact) mass is 192 g/mol. The first-order valence-corrected chi connectivity index (χ1v) is 4.14. The number of aromatic carboxylic acids is 1. The molecule has 0 fully saturated rings. The Hall–Kier alpha value is -1.48. The molecule has 0 spiro atoms. The molecule has 12 heavy (non-hydrogen) atoms. The third kappa shape index (κ3) is 1.57. The van der Waals surface area contributed by atoms with Gasteiger partial charge < -0.3 is 5.11 Å². The molecule has 1 rings (SSSR count). The number of sulfonamides is 1. The Kier molecular flexibility index (Phi) is 1.82. The topological polar surface area (TPSA) is 139 Å². The maximum absolute atomic E-state index is 10.5. The van der Waals surface area contributed by atoms with E-state index in [1.807, 2.05) is 5.10 Å². The largest absolute Gasteiger partial charge is 0.475 e. The van der Waals surface area contributed by atoms with E-state index in [0.29, 0.717) is 0 Å². The van der Waals surface area contributed by atoms with E-state index in [1.165, 1.54) is 0 Å². The van der Waals surface area contributed by atoms with E-state index in [1.54, 1.807) is 0 Å². The van der Waals surface area contributed by atoms with Crippen molar-refractivity contribution in [2.75, 3.05) is 0 Å². The second-order valence-electron chi connectivity index (χ2n) is 1.81. The number of nitrogens with one attached hydrogen (secondary N) is 1. The van der Waals surface area contributed by atoms with Gasteiger partial charge >= 0.3 is 5.97 Å². The molecule has 1 aromatic rings. The summed E-state index contributed by atoms with van der Waals surface area (Å²) in [6.07, 6.45) is 0. The van der Waals surface area contributed by atoms with Gasteiger partial charge in [0.2, 0.25) is 0 Å². The lowest BCUT2D eigenvalue weighted by atomic mass is 10.7. The van der Waals surface area contributed by atoms with Crippen molar-refractivity contribution < 1.29 is 18.3 Å². The summed E-state index contributed by atoms with van der Waals surface area (Å²) in [7, 11) is -4.01. The van der Waals surface area contributed by atoms with E-state index in [9.17, 15) is 13.2 Å². The van der Waals surface area contributed by atoms with Crippen molar-refractivity contribution in [1.29, 1.82) is 0 Å². The van der Waals surface area contributed by atoms with E-state index >= 15 is 0 Å². The molecule has 0 saturated carbocycles. The number of carboxylic acid groups (broad SMARTS) is 1. The Morgan fingerprint density at radius 2 is 2.17 bits per heavy atom.